The van der Waals surface area contributed by atoms with E-state index in [1.165, 1.54) is 4.90 Å². The average molecular weight is 137 g/mol. The average Bonchev–Trinajstić information content (AvgIpc) is 1.98. The molecule has 0 aromatic carbocycles. The first-order valence-corrected chi connectivity index (χ1v) is 2.89. The van der Waals surface area contributed by atoms with Crippen LogP contribution in [0.25, 0.3) is 0 Å². The lowest BCUT2D eigenvalue weighted by Crippen LogP contribution is -2.25. The van der Waals surface area contributed by atoms with Gasteiger partial charge in [-0.2, -0.15) is 5.26 Å². The van der Waals surface area contributed by atoms with Gasteiger partial charge in [-0.3, -0.25) is 4.79 Å². The molecule has 0 unspecified atom stereocenters. The summed E-state index contributed by atoms with van der Waals surface area (Å²) in [5.41, 5.74) is 0. The molecule has 0 bridgehead atoms. The molecule has 0 aromatic heterocycles. The van der Waals surface area contributed by atoms with E-state index >= 15 is 0 Å². The van der Waals surface area contributed by atoms with Gasteiger partial charge in [-0.05, 0) is 0 Å². The molecule has 10 heavy (non-hydrogen) atoms. The highest BCUT2D eigenvalue weighted by molar-refractivity contribution is 5.86. The molecule has 3 heteroatoms. The molecule has 0 aromatic rings. The van der Waals surface area contributed by atoms with Crippen molar-refractivity contribution in [1.82, 2.24) is 4.90 Å². The number of nitrogens with zero attached hydrogens (tertiary/aromatic N) is 2. The van der Waals surface area contributed by atoms with E-state index in [2.05, 4.69) is 0 Å². The molecule has 0 N–H and O–H groups in total. The largest absolute Gasteiger partial charge is 0.341 e. The van der Waals surface area contributed by atoms with E-state index in [1.807, 2.05) is 6.07 Å². The number of carbonyl (C=O) groups excluding carboxylic acids is 1. The minimum atomic E-state index is -0.254. The second-order valence-corrected chi connectivity index (χ2v) is 1.83. The standard InChI is InChI=1S/C7H9N2O/c1-3-7(10)9(2)6-4-5-8/h1,3H,4,6H2,2H3. The number of carbonyl (C=O) groups is 1. The van der Waals surface area contributed by atoms with Gasteiger partial charge in [0.15, 0.2) is 0 Å². The summed E-state index contributed by atoms with van der Waals surface area (Å²) < 4.78 is 0. The van der Waals surface area contributed by atoms with E-state index in [1.54, 1.807) is 7.05 Å². The lowest BCUT2D eigenvalue weighted by atomic mass is 10.4. The summed E-state index contributed by atoms with van der Waals surface area (Å²) in [7, 11) is 1.60. The fourth-order valence-corrected chi connectivity index (χ4v) is 0.455. The Kier molecular flexibility index (Phi) is 3.97. The molecule has 0 rings (SSSR count). The molecule has 0 atom stereocenters. The van der Waals surface area contributed by atoms with Gasteiger partial charge in [0, 0.05) is 19.7 Å². The Morgan fingerprint density at radius 2 is 2.50 bits per heavy atom. The second-order valence-electron chi connectivity index (χ2n) is 1.83. The van der Waals surface area contributed by atoms with Gasteiger partial charge in [-0.15, -0.1) is 0 Å². The van der Waals surface area contributed by atoms with Crippen molar-refractivity contribution in [2.24, 2.45) is 0 Å². The van der Waals surface area contributed by atoms with E-state index < -0.39 is 0 Å². The van der Waals surface area contributed by atoms with Crippen LogP contribution in [0.4, 0.5) is 0 Å². The van der Waals surface area contributed by atoms with Gasteiger partial charge in [-0.25, -0.2) is 0 Å². The van der Waals surface area contributed by atoms with Crippen molar-refractivity contribution in [3.8, 4) is 6.07 Å². The Hall–Kier alpha value is -1.30. The maximum atomic E-state index is 10.7. The minimum absolute atomic E-state index is 0.254. The number of hydrogen-bond acceptors (Lipinski definition) is 2. The zero-order valence-electron chi connectivity index (χ0n) is 5.87. The van der Waals surface area contributed by atoms with Crippen molar-refractivity contribution < 1.29 is 4.79 Å². The van der Waals surface area contributed by atoms with Crippen LogP contribution in [0.3, 0.4) is 0 Å². The van der Waals surface area contributed by atoms with Gasteiger partial charge in [0.25, 0.3) is 0 Å². The summed E-state index contributed by atoms with van der Waals surface area (Å²) in [5, 5.41) is 8.14. The van der Waals surface area contributed by atoms with Gasteiger partial charge in [0.1, 0.15) is 0 Å². The van der Waals surface area contributed by atoms with E-state index in [0.717, 1.165) is 6.08 Å². The number of amides is 1. The Balaban J connectivity index is 3.63. The molecule has 1 radical (unpaired) electrons. The Bertz CT molecular complexity index is 169. The topological polar surface area (TPSA) is 44.1 Å². The highest BCUT2D eigenvalue weighted by Gasteiger charge is 2.00. The van der Waals surface area contributed by atoms with Gasteiger partial charge < -0.3 is 4.90 Å². The van der Waals surface area contributed by atoms with Crippen LogP contribution in [-0.2, 0) is 4.79 Å². The van der Waals surface area contributed by atoms with Gasteiger partial charge >= 0.3 is 0 Å². The summed E-state index contributed by atoms with van der Waals surface area (Å²) in [6.45, 7) is 5.38. The van der Waals surface area contributed by atoms with Crippen molar-refractivity contribution in [1.29, 1.82) is 5.26 Å². The Morgan fingerprint density at radius 1 is 1.90 bits per heavy atom. The number of rotatable bonds is 3. The first-order chi connectivity index (χ1) is 4.72. The molecule has 1 amide bonds. The van der Waals surface area contributed by atoms with Crippen LogP contribution in [0.15, 0.2) is 6.08 Å². The summed E-state index contributed by atoms with van der Waals surface area (Å²) in [6, 6.07) is 1.93. The van der Waals surface area contributed by atoms with Crippen LogP contribution in [0.2, 0.25) is 0 Å². The Labute approximate surface area is 60.6 Å². The van der Waals surface area contributed by atoms with Crippen LogP contribution in [0, 0.1) is 17.9 Å². The fraction of sp³-hybridized carbons (Fsp3) is 0.429. The van der Waals surface area contributed by atoms with Crippen LogP contribution in [0.1, 0.15) is 6.42 Å². The Morgan fingerprint density at radius 3 is 2.90 bits per heavy atom. The molecule has 53 valence electrons. The first kappa shape index (κ1) is 8.70. The molecule has 0 spiro atoms. The van der Waals surface area contributed by atoms with Crippen molar-refractivity contribution >= 4 is 5.91 Å². The zero-order chi connectivity index (χ0) is 7.98. The third kappa shape index (κ3) is 2.88. The van der Waals surface area contributed by atoms with Crippen LogP contribution >= 0.6 is 0 Å². The molecule has 0 saturated carbocycles. The normalized spacial score (nSPS) is 8.00. The number of nitriles is 1. The summed E-state index contributed by atoms with van der Waals surface area (Å²) in [6.07, 6.45) is 1.33. The highest BCUT2D eigenvalue weighted by atomic mass is 16.2. The van der Waals surface area contributed by atoms with Crippen molar-refractivity contribution in [2.75, 3.05) is 13.6 Å². The monoisotopic (exact) mass is 137 g/mol. The van der Waals surface area contributed by atoms with Gasteiger partial charge in [0.2, 0.25) is 5.91 Å². The van der Waals surface area contributed by atoms with Crippen molar-refractivity contribution in [2.45, 2.75) is 6.42 Å². The molecular formula is C7H9N2O. The van der Waals surface area contributed by atoms with Crippen LogP contribution in [0.5, 0.6) is 0 Å². The summed E-state index contributed by atoms with van der Waals surface area (Å²) in [5.74, 6) is -0.254. The zero-order valence-corrected chi connectivity index (χ0v) is 5.87. The smallest absolute Gasteiger partial charge is 0.246 e. The SMILES string of the molecule is [CH]=CC(=O)N(C)CCC#N. The first-order valence-electron chi connectivity index (χ1n) is 2.89. The maximum absolute atomic E-state index is 10.7. The maximum Gasteiger partial charge on any atom is 0.246 e. The van der Waals surface area contributed by atoms with Gasteiger partial charge in [0.05, 0.1) is 12.5 Å². The van der Waals surface area contributed by atoms with Crippen LogP contribution < -0.4 is 0 Å². The molecule has 0 saturated heterocycles. The van der Waals surface area contributed by atoms with Crippen molar-refractivity contribution in [3.63, 3.8) is 0 Å². The molecular weight excluding hydrogens is 128 g/mol. The summed E-state index contributed by atoms with van der Waals surface area (Å²) >= 11 is 0. The fourth-order valence-electron chi connectivity index (χ4n) is 0.455. The van der Waals surface area contributed by atoms with Gasteiger partial charge in [-0.1, -0.05) is 6.58 Å². The highest BCUT2D eigenvalue weighted by Crippen LogP contribution is 1.87. The minimum Gasteiger partial charge on any atom is -0.341 e. The third-order valence-corrected chi connectivity index (χ3v) is 1.08. The predicted molar refractivity (Wildman–Crippen MR) is 36.7 cm³/mol. The number of hydrogen-bond donors (Lipinski definition) is 0. The van der Waals surface area contributed by atoms with E-state index in [0.29, 0.717) is 13.0 Å². The van der Waals surface area contributed by atoms with Crippen molar-refractivity contribution in [3.05, 3.63) is 12.7 Å². The quantitative estimate of drug-likeness (QED) is 0.527. The molecule has 0 aliphatic heterocycles. The van der Waals surface area contributed by atoms with E-state index in [-0.39, 0.29) is 5.91 Å². The molecule has 0 fully saturated rings. The molecule has 0 heterocycles. The van der Waals surface area contributed by atoms with E-state index in [9.17, 15) is 4.79 Å². The van der Waals surface area contributed by atoms with E-state index in [4.69, 9.17) is 11.8 Å². The third-order valence-electron chi connectivity index (χ3n) is 1.08. The summed E-state index contributed by atoms with van der Waals surface area (Å²) in [4.78, 5) is 12.0. The second kappa shape index (κ2) is 4.57. The predicted octanol–water partition coefficient (Wildman–Crippen LogP) is 0.348. The molecule has 3 nitrogen and oxygen atoms in total. The lowest BCUT2D eigenvalue weighted by Gasteiger charge is -2.11. The molecule has 0 aliphatic rings. The lowest BCUT2D eigenvalue weighted by molar-refractivity contribution is -0.124. The molecule has 0 aliphatic carbocycles. The number of likely N-dealkylation sites (N-methyl/N-ethyl adjacent to an activating group) is 1. The van der Waals surface area contributed by atoms with Crippen LogP contribution in [-0.4, -0.2) is 24.4 Å².